The molecule has 0 saturated heterocycles. The summed E-state index contributed by atoms with van der Waals surface area (Å²) in [5, 5.41) is 10.1. The summed E-state index contributed by atoms with van der Waals surface area (Å²) in [6.45, 7) is 1.79. The number of rotatable bonds is 6. The molecule has 2 aromatic heterocycles. The van der Waals surface area contributed by atoms with Crippen LogP contribution in [-0.4, -0.2) is 25.7 Å². The molecule has 1 amide bonds. The van der Waals surface area contributed by atoms with Crippen LogP contribution in [0, 0.1) is 18.6 Å². The molecule has 4 rings (SSSR count). The van der Waals surface area contributed by atoms with E-state index < -0.39 is 17.5 Å². The Morgan fingerprint density at radius 3 is 2.52 bits per heavy atom. The summed E-state index contributed by atoms with van der Waals surface area (Å²) < 4.78 is 28.3. The number of hydrogen-bond acceptors (Lipinski definition) is 5. The number of halogens is 2. The van der Waals surface area contributed by atoms with Gasteiger partial charge in [-0.1, -0.05) is 6.07 Å². The van der Waals surface area contributed by atoms with Crippen LogP contribution in [0.5, 0.6) is 0 Å². The molecule has 0 bridgehead atoms. The second-order valence-corrected chi connectivity index (χ2v) is 6.77. The van der Waals surface area contributed by atoms with Crippen molar-refractivity contribution in [3.63, 3.8) is 0 Å². The highest BCUT2D eigenvalue weighted by molar-refractivity contribution is 5.92. The molecule has 2 aromatic carbocycles. The Labute approximate surface area is 176 Å². The lowest BCUT2D eigenvalue weighted by Gasteiger charge is -2.10. The van der Waals surface area contributed by atoms with Crippen molar-refractivity contribution >= 4 is 23.1 Å². The van der Waals surface area contributed by atoms with E-state index >= 15 is 0 Å². The molecule has 0 aliphatic heterocycles. The summed E-state index contributed by atoms with van der Waals surface area (Å²) in [5.41, 5.74) is 1.44. The monoisotopic (exact) mass is 420 g/mol. The first-order valence-electron chi connectivity index (χ1n) is 9.43. The molecule has 0 atom stereocenters. The third-order valence-electron chi connectivity index (χ3n) is 4.37. The predicted octanol–water partition coefficient (Wildman–Crippen LogP) is 4.17. The number of carbonyl (C=O) groups excluding carboxylic acids is 1. The highest BCUT2D eigenvalue weighted by Gasteiger charge is 2.10. The molecule has 2 heterocycles. The van der Waals surface area contributed by atoms with Gasteiger partial charge in [0.25, 0.3) is 0 Å². The van der Waals surface area contributed by atoms with E-state index in [1.54, 1.807) is 54.3 Å². The SMILES string of the molecule is Cc1nc(Nc2ccc(NC(=O)Cc3ccc(F)cc3F)cc2)cc(-n2cccn2)n1. The minimum absolute atomic E-state index is 0.129. The smallest absolute Gasteiger partial charge is 0.228 e. The van der Waals surface area contributed by atoms with E-state index in [0.717, 1.165) is 17.8 Å². The van der Waals surface area contributed by atoms with Crippen LogP contribution in [0.25, 0.3) is 5.82 Å². The zero-order chi connectivity index (χ0) is 21.8. The van der Waals surface area contributed by atoms with Crippen molar-refractivity contribution in [3.05, 3.63) is 90.0 Å². The maximum absolute atomic E-state index is 13.7. The van der Waals surface area contributed by atoms with Gasteiger partial charge in [0.1, 0.15) is 23.3 Å². The Balaban J connectivity index is 1.41. The molecule has 0 unspecified atom stereocenters. The van der Waals surface area contributed by atoms with Gasteiger partial charge in [-0.05, 0) is 48.9 Å². The van der Waals surface area contributed by atoms with E-state index in [4.69, 9.17) is 0 Å². The second-order valence-electron chi connectivity index (χ2n) is 6.77. The predicted molar refractivity (Wildman–Crippen MR) is 112 cm³/mol. The molecule has 2 N–H and O–H groups in total. The molecular weight excluding hydrogens is 402 g/mol. The summed E-state index contributed by atoms with van der Waals surface area (Å²) in [6.07, 6.45) is 3.27. The maximum atomic E-state index is 13.7. The number of nitrogens with zero attached hydrogens (tertiary/aromatic N) is 4. The number of nitrogens with one attached hydrogen (secondary N) is 2. The van der Waals surface area contributed by atoms with E-state index in [-0.39, 0.29) is 12.0 Å². The van der Waals surface area contributed by atoms with Crippen LogP contribution < -0.4 is 10.6 Å². The standard InChI is InChI=1S/C22H18F2N6O/c1-14-26-20(13-21(27-14)30-10-2-9-25-30)28-17-5-7-18(8-6-17)29-22(31)11-15-3-4-16(23)12-19(15)24/h2-10,12-13H,11H2,1H3,(H,29,31)(H,26,27,28). The van der Waals surface area contributed by atoms with Crippen LogP contribution in [0.15, 0.2) is 67.0 Å². The summed E-state index contributed by atoms with van der Waals surface area (Å²) in [4.78, 5) is 20.9. The highest BCUT2D eigenvalue weighted by Crippen LogP contribution is 2.20. The summed E-state index contributed by atoms with van der Waals surface area (Å²) in [5.74, 6) is -0.00269. The number of amides is 1. The Kier molecular flexibility index (Phi) is 5.65. The van der Waals surface area contributed by atoms with Crippen molar-refractivity contribution in [1.82, 2.24) is 19.7 Å². The van der Waals surface area contributed by atoms with Crippen molar-refractivity contribution < 1.29 is 13.6 Å². The zero-order valence-corrected chi connectivity index (χ0v) is 16.5. The maximum Gasteiger partial charge on any atom is 0.228 e. The molecule has 0 spiro atoms. The molecular formula is C22H18F2N6O. The Hall–Kier alpha value is -4.14. The summed E-state index contributed by atoms with van der Waals surface area (Å²) in [6, 6.07) is 13.7. The minimum Gasteiger partial charge on any atom is -0.340 e. The molecule has 0 aliphatic carbocycles. The van der Waals surface area contributed by atoms with E-state index in [2.05, 4.69) is 25.7 Å². The lowest BCUT2D eigenvalue weighted by Crippen LogP contribution is -2.15. The fourth-order valence-corrected chi connectivity index (χ4v) is 2.97. The van der Waals surface area contributed by atoms with Gasteiger partial charge in [0.05, 0.1) is 6.42 Å². The minimum atomic E-state index is -0.746. The van der Waals surface area contributed by atoms with Gasteiger partial charge in [0, 0.05) is 35.9 Å². The van der Waals surface area contributed by atoms with E-state index in [9.17, 15) is 13.6 Å². The lowest BCUT2D eigenvalue weighted by molar-refractivity contribution is -0.115. The highest BCUT2D eigenvalue weighted by atomic mass is 19.1. The quantitative estimate of drug-likeness (QED) is 0.489. The number of carbonyl (C=O) groups is 1. The fraction of sp³-hybridized carbons (Fsp3) is 0.0909. The third kappa shape index (κ3) is 5.08. The molecule has 0 saturated carbocycles. The first kappa shape index (κ1) is 20.1. The Morgan fingerprint density at radius 1 is 1.03 bits per heavy atom. The summed E-state index contributed by atoms with van der Waals surface area (Å²) in [7, 11) is 0. The van der Waals surface area contributed by atoms with E-state index in [1.165, 1.54) is 6.07 Å². The van der Waals surface area contributed by atoms with Crippen LogP contribution in [-0.2, 0) is 11.2 Å². The molecule has 4 aromatic rings. The molecule has 0 fully saturated rings. The van der Waals surface area contributed by atoms with Gasteiger partial charge in [0.2, 0.25) is 5.91 Å². The fourth-order valence-electron chi connectivity index (χ4n) is 2.97. The normalized spacial score (nSPS) is 10.7. The van der Waals surface area contributed by atoms with Crippen molar-refractivity contribution in [3.8, 4) is 5.82 Å². The average Bonchev–Trinajstić information content (AvgIpc) is 3.26. The van der Waals surface area contributed by atoms with E-state index in [0.29, 0.717) is 23.1 Å². The first-order chi connectivity index (χ1) is 15.0. The Morgan fingerprint density at radius 2 is 1.81 bits per heavy atom. The van der Waals surface area contributed by atoms with Gasteiger partial charge < -0.3 is 10.6 Å². The van der Waals surface area contributed by atoms with Gasteiger partial charge in [-0.3, -0.25) is 4.79 Å². The van der Waals surface area contributed by atoms with Crippen LogP contribution in [0.4, 0.5) is 26.0 Å². The van der Waals surface area contributed by atoms with Crippen LogP contribution >= 0.6 is 0 Å². The van der Waals surface area contributed by atoms with Crippen LogP contribution in [0.1, 0.15) is 11.4 Å². The number of aromatic nitrogens is 4. The zero-order valence-electron chi connectivity index (χ0n) is 16.5. The van der Waals surface area contributed by atoms with Gasteiger partial charge >= 0.3 is 0 Å². The number of aryl methyl sites for hydroxylation is 1. The molecule has 0 radical (unpaired) electrons. The van der Waals surface area contributed by atoms with Gasteiger partial charge in [0.15, 0.2) is 5.82 Å². The van der Waals surface area contributed by atoms with Gasteiger partial charge in [-0.15, -0.1) is 0 Å². The molecule has 9 heteroatoms. The van der Waals surface area contributed by atoms with Crippen LogP contribution in [0.3, 0.4) is 0 Å². The largest absolute Gasteiger partial charge is 0.340 e. The van der Waals surface area contributed by atoms with Crippen molar-refractivity contribution in [2.45, 2.75) is 13.3 Å². The van der Waals surface area contributed by atoms with Crippen molar-refractivity contribution in [2.24, 2.45) is 0 Å². The van der Waals surface area contributed by atoms with Crippen molar-refractivity contribution in [1.29, 1.82) is 0 Å². The number of anilines is 3. The number of benzene rings is 2. The topological polar surface area (TPSA) is 84.7 Å². The van der Waals surface area contributed by atoms with Crippen molar-refractivity contribution in [2.75, 3.05) is 10.6 Å². The summed E-state index contributed by atoms with van der Waals surface area (Å²) >= 11 is 0. The molecule has 156 valence electrons. The lowest BCUT2D eigenvalue weighted by atomic mass is 10.1. The Bertz CT molecular complexity index is 1210. The molecule has 0 aliphatic rings. The average molecular weight is 420 g/mol. The first-order valence-corrected chi connectivity index (χ1v) is 9.43. The van der Waals surface area contributed by atoms with Crippen LogP contribution in [0.2, 0.25) is 0 Å². The van der Waals surface area contributed by atoms with Gasteiger partial charge in [-0.25, -0.2) is 23.4 Å². The molecule has 7 nitrogen and oxygen atoms in total. The van der Waals surface area contributed by atoms with Gasteiger partial charge in [-0.2, -0.15) is 5.10 Å². The molecule has 31 heavy (non-hydrogen) atoms. The number of hydrogen-bond donors (Lipinski definition) is 2. The van der Waals surface area contributed by atoms with E-state index in [1.807, 2.05) is 6.07 Å². The second kappa shape index (κ2) is 8.70. The third-order valence-corrected chi connectivity index (χ3v) is 4.37.